The molecule has 0 radical (unpaired) electrons. The van der Waals surface area contributed by atoms with Gasteiger partial charge in [-0.25, -0.2) is 47.3 Å². The van der Waals surface area contributed by atoms with E-state index in [9.17, 15) is 47.0 Å². The van der Waals surface area contributed by atoms with Crippen LogP contribution in [0.4, 0.5) is 11.6 Å². The van der Waals surface area contributed by atoms with Gasteiger partial charge < -0.3 is 84.4 Å². The van der Waals surface area contributed by atoms with Crippen LogP contribution >= 0.6 is 68.5 Å². The average Bonchev–Trinajstić information content (AvgIpc) is 4.03. The summed E-state index contributed by atoms with van der Waals surface area (Å²) in [5.41, 5.74) is 19.3. The molecule has 72 heavy (non-hydrogen) atoms. The number of phosphoric acid groups is 6. The number of nitrogens with zero attached hydrogens (tertiary/aromatic N) is 6. The molecule has 2 fully saturated rings. The molecule has 2 saturated heterocycles. The van der Waals surface area contributed by atoms with Gasteiger partial charge in [-0.3, -0.25) is 9.05 Å². The van der Waals surface area contributed by atoms with E-state index < -0.39 is 97.0 Å². The number of rotatable bonds is 23. The van der Waals surface area contributed by atoms with Crippen molar-refractivity contribution in [2.75, 3.05) is 43.1 Å². The number of nitrogen functional groups attached to an aromatic ring is 2. The van der Waals surface area contributed by atoms with Gasteiger partial charge >= 0.3 is 46.9 Å². The molecule has 10 atom stereocenters. The lowest BCUT2D eigenvalue weighted by atomic mass is 10.2. The summed E-state index contributed by atoms with van der Waals surface area (Å²) < 4.78 is 124. The van der Waals surface area contributed by atoms with Crippen molar-refractivity contribution in [1.82, 2.24) is 29.1 Å². The van der Waals surface area contributed by atoms with Crippen LogP contribution in [0, 0.1) is 23.7 Å². The molecule has 398 valence electrons. The third-order valence-corrected chi connectivity index (χ3v) is 18.7. The normalized spacial score (nSPS) is 23.9. The van der Waals surface area contributed by atoms with Crippen LogP contribution in [0.15, 0.2) is 25.0 Å². The van der Waals surface area contributed by atoms with E-state index >= 15 is 0 Å². The van der Waals surface area contributed by atoms with Crippen molar-refractivity contribution in [2.24, 2.45) is 5.73 Å². The van der Waals surface area contributed by atoms with Gasteiger partial charge in [-0.2, -0.15) is 17.2 Å². The van der Waals surface area contributed by atoms with Gasteiger partial charge in [0, 0.05) is 31.7 Å². The van der Waals surface area contributed by atoms with Crippen molar-refractivity contribution >= 4 is 102 Å². The molecule has 41 heteroatoms. The summed E-state index contributed by atoms with van der Waals surface area (Å²) in [6, 6.07) is 0. The minimum absolute atomic E-state index is 0.00271. The van der Waals surface area contributed by atoms with Gasteiger partial charge in [-0.15, -0.1) is 0 Å². The monoisotopic (exact) mass is 1180 g/mol. The van der Waals surface area contributed by atoms with Crippen molar-refractivity contribution in [3.05, 3.63) is 36.2 Å². The number of nitrogens with two attached hydrogens (primary N) is 3. The van der Waals surface area contributed by atoms with E-state index in [1.165, 1.54) is 17.2 Å². The number of anilines is 2. The van der Waals surface area contributed by atoms with Crippen molar-refractivity contribution in [3.63, 3.8) is 0 Å². The number of ether oxygens (including phenoxy) is 4. The molecule has 6 heterocycles. The van der Waals surface area contributed by atoms with Crippen LogP contribution in [0.25, 0.3) is 22.1 Å². The molecule has 0 saturated carbocycles. The molecule has 4 aromatic heterocycles. The number of aromatic nitrogens is 6. The Morgan fingerprint density at radius 3 is 1.42 bits per heavy atom. The van der Waals surface area contributed by atoms with Crippen LogP contribution in [0.2, 0.25) is 0 Å². The van der Waals surface area contributed by atoms with E-state index in [1.54, 1.807) is 17.0 Å². The standard InChI is InChI=1S/C31H43N9O24P6S2/c1-2-3-5-18-10-39(30-26(18)28(33)35-14-37-30)24-8-20(22(59-24)12-57-67(47,48)63-69(51,52)61-65(41,42)43)55-16-71-72-17-56-21-9-25(40-11-19(6-4-7-32)27-29(34)36-15-38-31(27)40)60-23(21)13-58-68(49,50)64-70(53,54)62-66(44,45)46/h10-11,14-15,20-25H,2,7-9,12-13,16-17,32H2,1H3,(H,47,48)(H,49,50)(H,51,52)(H,53,54)(H2,33,35,37)(H2,34,36,38)(H2,41,42,43)(H2,44,45,46)/t20?,21?,22-,23-,24-,25-/m1/s1. The second kappa shape index (κ2) is 24.1. The SMILES string of the molecule is CCC#Cc1cn([C@H]2CC(OCSSCOC3C[C@H](n4cc(C#CCN)c5c(N)ncnc54)O[C@@H]3COP(=O)(O)OP(=O)(O)OP(=O)(O)O)[C@@H](COP(=O)(O)OP(=O)(O)OP(=O)(O)O)O2)c2ncnc(N)c12. The molecule has 2 aliphatic rings. The van der Waals surface area contributed by atoms with Gasteiger partial charge in [0.1, 0.15) is 72.1 Å². The van der Waals surface area contributed by atoms with Crippen LogP contribution in [0.5, 0.6) is 0 Å². The van der Waals surface area contributed by atoms with E-state index in [0.29, 0.717) is 34.0 Å². The fourth-order valence-corrected chi connectivity index (χ4v) is 14.2. The maximum absolute atomic E-state index is 12.7. The second-order valence-corrected chi connectivity index (χ2v) is 25.6. The predicted molar refractivity (Wildman–Crippen MR) is 248 cm³/mol. The van der Waals surface area contributed by atoms with Crippen LogP contribution < -0.4 is 17.2 Å². The van der Waals surface area contributed by atoms with Crippen molar-refractivity contribution in [1.29, 1.82) is 0 Å². The Morgan fingerprint density at radius 2 is 1.04 bits per heavy atom. The van der Waals surface area contributed by atoms with Crippen LogP contribution in [-0.4, -0.2) is 124 Å². The summed E-state index contributed by atoms with van der Waals surface area (Å²) >= 11 is 0. The molecule has 2 aliphatic heterocycles. The number of phosphoric ester groups is 2. The van der Waals surface area contributed by atoms with Crippen LogP contribution in [0.1, 0.15) is 49.8 Å². The quantitative estimate of drug-likeness (QED) is 0.0167. The lowest BCUT2D eigenvalue weighted by Crippen LogP contribution is -2.29. The fourth-order valence-electron chi connectivity index (χ4n) is 6.81. The highest BCUT2D eigenvalue weighted by Crippen LogP contribution is 2.67. The van der Waals surface area contributed by atoms with E-state index in [4.69, 9.17) is 64.8 Å². The topological polar surface area (TPSA) is 496 Å². The molecule has 6 unspecified atom stereocenters. The van der Waals surface area contributed by atoms with Crippen LogP contribution in [-0.2, 0) is 72.6 Å². The highest BCUT2D eigenvalue weighted by Gasteiger charge is 2.46. The molecular formula is C31H43N9O24P6S2. The summed E-state index contributed by atoms with van der Waals surface area (Å²) in [4.78, 5) is 91.9. The van der Waals surface area contributed by atoms with E-state index in [-0.39, 0.29) is 48.5 Å². The third kappa shape index (κ3) is 16.4. The highest BCUT2D eigenvalue weighted by atomic mass is 33.1. The molecule has 4 aromatic rings. The Balaban J connectivity index is 1.15. The third-order valence-electron chi connectivity index (χ3n) is 9.36. The lowest BCUT2D eigenvalue weighted by Gasteiger charge is -2.21. The Bertz CT molecular complexity index is 2850. The van der Waals surface area contributed by atoms with E-state index in [0.717, 1.165) is 21.6 Å². The molecule has 0 spiro atoms. The molecule has 6 rings (SSSR count). The smallest absolute Gasteiger partial charge is 0.383 e. The van der Waals surface area contributed by atoms with E-state index in [2.05, 4.69) is 60.9 Å². The van der Waals surface area contributed by atoms with Crippen molar-refractivity contribution in [2.45, 2.75) is 63.1 Å². The first-order chi connectivity index (χ1) is 33.6. The van der Waals surface area contributed by atoms with Crippen molar-refractivity contribution < 1.29 is 112 Å². The number of hydrogen-bond donors (Lipinski definition) is 11. The predicted octanol–water partition coefficient (Wildman–Crippen LogP) is 2.44. The summed E-state index contributed by atoms with van der Waals surface area (Å²) in [6.45, 7) is 0.0759. The number of fused-ring (bicyclic) bond motifs is 2. The minimum atomic E-state index is -5.86. The average molecular weight is 1180 g/mol. The zero-order valence-corrected chi connectivity index (χ0v) is 43.5. The first-order valence-electron chi connectivity index (χ1n) is 19.8. The maximum atomic E-state index is 12.7. The van der Waals surface area contributed by atoms with Crippen LogP contribution in [0.3, 0.4) is 0 Å². The van der Waals surface area contributed by atoms with Gasteiger partial charge in [0.25, 0.3) is 0 Å². The largest absolute Gasteiger partial charge is 0.490 e. The first kappa shape index (κ1) is 58.5. The first-order valence-corrected chi connectivity index (χ1v) is 31.4. The molecule has 14 N–H and O–H groups in total. The Morgan fingerprint density at radius 1 is 0.639 bits per heavy atom. The molecule has 0 amide bonds. The van der Waals surface area contributed by atoms with Gasteiger partial charge in [0.15, 0.2) is 0 Å². The molecule has 0 bridgehead atoms. The molecule has 0 aliphatic carbocycles. The Hall–Kier alpha value is -2.72. The highest BCUT2D eigenvalue weighted by molar-refractivity contribution is 8.76. The Kier molecular flexibility index (Phi) is 19.6. The summed E-state index contributed by atoms with van der Waals surface area (Å²) in [7, 11) is -32.2. The molecule has 0 aromatic carbocycles. The molecule has 33 nitrogen and oxygen atoms in total. The molecular weight excluding hydrogens is 1130 g/mol. The summed E-state index contributed by atoms with van der Waals surface area (Å²) in [6.07, 6.45) is -0.416. The van der Waals surface area contributed by atoms with Gasteiger partial charge in [-0.05, 0) is 0 Å². The summed E-state index contributed by atoms with van der Waals surface area (Å²) in [5, 5.41) is 0.755. The van der Waals surface area contributed by atoms with Gasteiger partial charge in [0.05, 0.1) is 53.9 Å². The van der Waals surface area contributed by atoms with Crippen molar-refractivity contribution in [3.8, 4) is 23.7 Å². The van der Waals surface area contributed by atoms with Gasteiger partial charge in [-0.1, -0.05) is 52.2 Å². The lowest BCUT2D eigenvalue weighted by molar-refractivity contribution is -0.0523. The summed E-state index contributed by atoms with van der Waals surface area (Å²) in [5.74, 6) is 11.4. The minimum Gasteiger partial charge on any atom is -0.383 e. The zero-order chi connectivity index (χ0) is 52.9. The maximum Gasteiger partial charge on any atom is 0.490 e. The second-order valence-electron chi connectivity index (χ2n) is 14.4. The zero-order valence-electron chi connectivity index (χ0n) is 36.5. The van der Waals surface area contributed by atoms with E-state index in [1.807, 2.05) is 6.92 Å². The fraction of sp³-hybridized carbons (Fsp3) is 0.484. The Labute approximate surface area is 413 Å². The van der Waals surface area contributed by atoms with Gasteiger partial charge in [0.2, 0.25) is 0 Å². The number of hydrogen-bond acceptors (Lipinski definition) is 25.